The summed E-state index contributed by atoms with van der Waals surface area (Å²) in [7, 11) is 1.78. The number of hydrogen-bond acceptors (Lipinski definition) is 5. The van der Waals surface area contributed by atoms with Crippen LogP contribution in [0.4, 0.5) is 0 Å². The van der Waals surface area contributed by atoms with E-state index in [0.717, 1.165) is 16.9 Å². The van der Waals surface area contributed by atoms with Crippen molar-refractivity contribution >= 4 is 5.91 Å². The number of nitrogens with zero attached hydrogens (tertiary/aromatic N) is 4. The number of carbonyl (C=O) groups excluding carboxylic acids is 1. The molecule has 1 aromatic carbocycles. The van der Waals surface area contributed by atoms with Gasteiger partial charge in [-0.2, -0.15) is 0 Å². The van der Waals surface area contributed by atoms with Crippen molar-refractivity contribution in [2.45, 2.75) is 19.9 Å². The van der Waals surface area contributed by atoms with Crippen LogP contribution in [0.2, 0.25) is 0 Å². The van der Waals surface area contributed by atoms with Crippen LogP contribution in [0.25, 0.3) is 11.4 Å². The summed E-state index contributed by atoms with van der Waals surface area (Å²) in [6, 6.07) is 11.4. The smallest absolute Gasteiger partial charge is 0.257 e. The molecule has 0 radical (unpaired) electrons. The summed E-state index contributed by atoms with van der Waals surface area (Å²) in [5, 5.41) is 0. The van der Waals surface area contributed by atoms with Crippen LogP contribution in [0.5, 0.6) is 5.75 Å². The number of benzene rings is 1. The summed E-state index contributed by atoms with van der Waals surface area (Å²) >= 11 is 0. The molecule has 0 saturated carbocycles. The first-order valence-electron chi connectivity index (χ1n) is 8.82. The van der Waals surface area contributed by atoms with Crippen molar-refractivity contribution in [3.8, 4) is 17.1 Å². The molecule has 138 valence electrons. The molecule has 0 aliphatic rings. The van der Waals surface area contributed by atoms with Gasteiger partial charge < -0.3 is 9.64 Å². The van der Waals surface area contributed by atoms with Gasteiger partial charge in [0, 0.05) is 37.4 Å². The van der Waals surface area contributed by atoms with E-state index in [0.29, 0.717) is 18.0 Å². The van der Waals surface area contributed by atoms with E-state index in [-0.39, 0.29) is 11.9 Å². The lowest BCUT2D eigenvalue weighted by Gasteiger charge is -2.25. The molecule has 3 rings (SSSR count). The van der Waals surface area contributed by atoms with Gasteiger partial charge in [-0.1, -0.05) is 12.1 Å². The van der Waals surface area contributed by atoms with Crippen molar-refractivity contribution in [2.24, 2.45) is 0 Å². The van der Waals surface area contributed by atoms with Crippen LogP contribution in [0, 0.1) is 0 Å². The predicted octanol–water partition coefficient (Wildman–Crippen LogP) is 3.77. The lowest BCUT2D eigenvalue weighted by Crippen LogP contribution is -2.29. The molecule has 0 aliphatic carbocycles. The Labute approximate surface area is 158 Å². The third-order valence-electron chi connectivity index (χ3n) is 4.41. The summed E-state index contributed by atoms with van der Waals surface area (Å²) in [6.07, 6.45) is 6.49. The SMILES string of the molecule is CCOc1ccc([C@@H](C)N(C)C(=O)c2cnc(-c3ccncc3)nc2)cc1. The lowest BCUT2D eigenvalue weighted by atomic mass is 10.1. The number of pyridine rings is 1. The summed E-state index contributed by atoms with van der Waals surface area (Å²) in [5.74, 6) is 1.26. The summed E-state index contributed by atoms with van der Waals surface area (Å²) in [5.41, 5.74) is 2.34. The van der Waals surface area contributed by atoms with Gasteiger partial charge in [-0.3, -0.25) is 9.78 Å². The Hall–Kier alpha value is -3.28. The second kappa shape index (κ2) is 8.40. The van der Waals surface area contributed by atoms with E-state index in [1.807, 2.05) is 50.2 Å². The Balaban J connectivity index is 1.72. The number of aromatic nitrogens is 3. The van der Waals surface area contributed by atoms with E-state index in [1.165, 1.54) is 0 Å². The zero-order chi connectivity index (χ0) is 19.2. The highest BCUT2D eigenvalue weighted by Crippen LogP contribution is 2.23. The molecule has 6 heteroatoms. The summed E-state index contributed by atoms with van der Waals surface area (Å²) < 4.78 is 5.46. The minimum Gasteiger partial charge on any atom is -0.494 e. The third-order valence-corrected chi connectivity index (χ3v) is 4.41. The van der Waals surface area contributed by atoms with E-state index in [4.69, 9.17) is 4.74 Å². The maximum atomic E-state index is 12.8. The van der Waals surface area contributed by atoms with E-state index in [2.05, 4.69) is 15.0 Å². The van der Waals surface area contributed by atoms with Crippen LogP contribution in [0.3, 0.4) is 0 Å². The maximum absolute atomic E-state index is 12.8. The van der Waals surface area contributed by atoms with Crippen molar-refractivity contribution in [3.63, 3.8) is 0 Å². The van der Waals surface area contributed by atoms with Crippen molar-refractivity contribution in [1.82, 2.24) is 19.9 Å². The fraction of sp³-hybridized carbons (Fsp3) is 0.238. The number of rotatable bonds is 6. The fourth-order valence-corrected chi connectivity index (χ4v) is 2.70. The Bertz CT molecular complexity index is 880. The monoisotopic (exact) mass is 362 g/mol. The van der Waals surface area contributed by atoms with Gasteiger partial charge in [0.1, 0.15) is 5.75 Å². The molecule has 3 aromatic rings. The van der Waals surface area contributed by atoms with Crippen molar-refractivity contribution in [1.29, 1.82) is 0 Å². The van der Waals surface area contributed by atoms with Gasteiger partial charge in [0.05, 0.1) is 18.2 Å². The predicted molar refractivity (Wildman–Crippen MR) is 103 cm³/mol. The largest absolute Gasteiger partial charge is 0.494 e. The molecule has 0 saturated heterocycles. The Kier molecular flexibility index (Phi) is 5.76. The molecule has 2 aromatic heterocycles. The van der Waals surface area contributed by atoms with Crippen LogP contribution in [-0.2, 0) is 0 Å². The molecule has 1 atom stereocenters. The van der Waals surface area contributed by atoms with Gasteiger partial charge in [-0.25, -0.2) is 9.97 Å². The summed E-state index contributed by atoms with van der Waals surface area (Å²) in [6.45, 7) is 4.56. The average molecular weight is 362 g/mol. The molecule has 1 amide bonds. The molecule has 0 fully saturated rings. The highest BCUT2D eigenvalue weighted by Gasteiger charge is 2.20. The van der Waals surface area contributed by atoms with Gasteiger partial charge in [-0.15, -0.1) is 0 Å². The van der Waals surface area contributed by atoms with Crippen LogP contribution in [-0.4, -0.2) is 39.4 Å². The highest BCUT2D eigenvalue weighted by molar-refractivity contribution is 5.93. The Morgan fingerprint density at radius 2 is 1.70 bits per heavy atom. The maximum Gasteiger partial charge on any atom is 0.257 e. The number of ether oxygens (including phenoxy) is 1. The van der Waals surface area contributed by atoms with E-state index >= 15 is 0 Å². The molecule has 0 bridgehead atoms. The molecular weight excluding hydrogens is 340 g/mol. The first kappa shape index (κ1) is 18.5. The van der Waals surface area contributed by atoms with Crippen LogP contribution < -0.4 is 4.74 Å². The van der Waals surface area contributed by atoms with Crippen molar-refractivity contribution in [2.75, 3.05) is 13.7 Å². The minimum atomic E-state index is -0.127. The normalized spacial score (nSPS) is 11.7. The fourth-order valence-electron chi connectivity index (χ4n) is 2.70. The van der Waals surface area contributed by atoms with E-state index < -0.39 is 0 Å². The number of hydrogen-bond donors (Lipinski definition) is 0. The molecule has 27 heavy (non-hydrogen) atoms. The van der Waals surface area contributed by atoms with E-state index in [9.17, 15) is 4.79 Å². The zero-order valence-corrected chi connectivity index (χ0v) is 15.7. The lowest BCUT2D eigenvalue weighted by molar-refractivity contribution is 0.0742. The quantitative estimate of drug-likeness (QED) is 0.668. The molecular formula is C21H22N4O2. The van der Waals surface area contributed by atoms with Gasteiger partial charge in [-0.05, 0) is 43.7 Å². The average Bonchev–Trinajstić information content (AvgIpc) is 2.74. The molecule has 0 unspecified atom stereocenters. The van der Waals surface area contributed by atoms with Crippen molar-refractivity contribution < 1.29 is 9.53 Å². The minimum absolute atomic E-state index is 0.0898. The second-order valence-corrected chi connectivity index (χ2v) is 6.13. The first-order valence-corrected chi connectivity index (χ1v) is 8.82. The highest BCUT2D eigenvalue weighted by atomic mass is 16.5. The molecule has 0 N–H and O–H groups in total. The molecule has 2 heterocycles. The number of amides is 1. The summed E-state index contributed by atoms with van der Waals surface area (Å²) in [4.78, 5) is 27.1. The van der Waals surface area contributed by atoms with Crippen molar-refractivity contribution in [3.05, 3.63) is 72.3 Å². The Morgan fingerprint density at radius 1 is 1.07 bits per heavy atom. The van der Waals surface area contributed by atoms with Gasteiger partial charge in [0.15, 0.2) is 5.82 Å². The topological polar surface area (TPSA) is 68.2 Å². The van der Waals surface area contributed by atoms with Crippen LogP contribution in [0.15, 0.2) is 61.2 Å². The number of carbonyl (C=O) groups is 1. The van der Waals surface area contributed by atoms with Crippen LogP contribution >= 0.6 is 0 Å². The zero-order valence-electron chi connectivity index (χ0n) is 15.7. The van der Waals surface area contributed by atoms with Gasteiger partial charge in [0.2, 0.25) is 0 Å². The van der Waals surface area contributed by atoms with Gasteiger partial charge in [0.25, 0.3) is 5.91 Å². The van der Waals surface area contributed by atoms with Crippen LogP contribution in [0.1, 0.15) is 35.8 Å². The molecule has 0 spiro atoms. The standard InChI is InChI=1S/C21H22N4O2/c1-4-27-19-7-5-16(6-8-19)15(2)25(3)21(26)18-13-23-20(24-14-18)17-9-11-22-12-10-17/h5-15H,4H2,1-3H3/t15-/m1/s1. The molecule has 6 nitrogen and oxygen atoms in total. The second-order valence-electron chi connectivity index (χ2n) is 6.13. The van der Waals surface area contributed by atoms with E-state index in [1.54, 1.807) is 36.7 Å². The Morgan fingerprint density at radius 3 is 2.30 bits per heavy atom. The third kappa shape index (κ3) is 4.28. The molecule has 0 aliphatic heterocycles. The van der Waals surface area contributed by atoms with Gasteiger partial charge >= 0.3 is 0 Å². The first-order chi connectivity index (χ1) is 13.1.